The second-order valence-corrected chi connectivity index (χ2v) is 2.66. The van der Waals surface area contributed by atoms with Crippen LogP contribution in [0.5, 0.6) is 5.75 Å². The summed E-state index contributed by atoms with van der Waals surface area (Å²) in [5.74, 6) is 2.59. The molecule has 0 fully saturated rings. The molecular formula is C8H5BrO. The van der Waals surface area contributed by atoms with Crippen molar-refractivity contribution < 1.29 is 5.11 Å². The van der Waals surface area contributed by atoms with Crippen LogP contribution in [-0.2, 0) is 0 Å². The van der Waals surface area contributed by atoms with Crippen LogP contribution in [0.15, 0.2) is 22.7 Å². The molecule has 1 N–H and O–H groups in total. The lowest BCUT2D eigenvalue weighted by Gasteiger charge is -1.95. The van der Waals surface area contributed by atoms with Gasteiger partial charge >= 0.3 is 0 Å². The Morgan fingerprint density at radius 2 is 2.20 bits per heavy atom. The normalized spacial score (nSPS) is 8.80. The molecule has 0 heterocycles. The lowest BCUT2D eigenvalue weighted by Crippen LogP contribution is -1.73. The molecule has 0 atom stereocenters. The fraction of sp³-hybridized carbons (Fsp3) is 0. The minimum atomic E-state index is 0.176. The smallest absolute Gasteiger partial charge is 0.130 e. The van der Waals surface area contributed by atoms with Crippen molar-refractivity contribution in [3.63, 3.8) is 0 Å². The topological polar surface area (TPSA) is 20.2 Å². The molecule has 1 aromatic carbocycles. The summed E-state index contributed by atoms with van der Waals surface area (Å²) in [5, 5.41) is 9.09. The lowest BCUT2D eigenvalue weighted by atomic mass is 10.2. The minimum absolute atomic E-state index is 0.176. The molecule has 1 aromatic rings. The summed E-state index contributed by atoms with van der Waals surface area (Å²) in [5.41, 5.74) is 0.681. The van der Waals surface area contributed by atoms with Crippen molar-refractivity contribution >= 4 is 15.9 Å². The fourth-order valence-corrected chi connectivity index (χ4v) is 0.849. The second kappa shape index (κ2) is 2.76. The van der Waals surface area contributed by atoms with E-state index < -0.39 is 0 Å². The summed E-state index contributed by atoms with van der Waals surface area (Å²) < 4.78 is 0.659. The maximum atomic E-state index is 9.09. The Bertz CT molecular complexity index is 286. The molecule has 0 aliphatic carbocycles. The van der Waals surface area contributed by atoms with Crippen LogP contribution < -0.4 is 0 Å². The van der Waals surface area contributed by atoms with E-state index in [0.29, 0.717) is 10.0 Å². The van der Waals surface area contributed by atoms with Gasteiger partial charge in [0.1, 0.15) is 5.75 Å². The van der Waals surface area contributed by atoms with Crippen LogP contribution in [0.25, 0.3) is 0 Å². The van der Waals surface area contributed by atoms with E-state index in [2.05, 4.69) is 21.9 Å². The molecule has 0 aliphatic heterocycles. The van der Waals surface area contributed by atoms with Gasteiger partial charge in [-0.05, 0) is 34.1 Å². The van der Waals surface area contributed by atoms with Crippen molar-refractivity contribution in [1.82, 2.24) is 0 Å². The zero-order valence-corrected chi connectivity index (χ0v) is 6.72. The van der Waals surface area contributed by atoms with Crippen molar-refractivity contribution in [1.29, 1.82) is 0 Å². The third-order valence-electron chi connectivity index (χ3n) is 1.11. The molecule has 0 saturated heterocycles. The predicted octanol–water partition coefficient (Wildman–Crippen LogP) is 2.14. The van der Waals surface area contributed by atoms with Crippen LogP contribution in [0.1, 0.15) is 5.56 Å². The van der Waals surface area contributed by atoms with E-state index in [0.717, 1.165) is 0 Å². The van der Waals surface area contributed by atoms with Crippen molar-refractivity contribution in [2.24, 2.45) is 0 Å². The number of hydrogen-bond acceptors (Lipinski definition) is 1. The molecule has 0 aromatic heterocycles. The SMILES string of the molecule is C#Cc1ccc(Br)c(O)c1. The number of terminal acetylenes is 1. The zero-order valence-electron chi connectivity index (χ0n) is 5.13. The molecular weight excluding hydrogens is 192 g/mol. The van der Waals surface area contributed by atoms with Crippen molar-refractivity contribution in [3.8, 4) is 18.1 Å². The summed E-state index contributed by atoms with van der Waals surface area (Å²) in [7, 11) is 0. The second-order valence-electron chi connectivity index (χ2n) is 1.81. The van der Waals surface area contributed by atoms with Crippen molar-refractivity contribution in [3.05, 3.63) is 28.2 Å². The van der Waals surface area contributed by atoms with E-state index in [9.17, 15) is 0 Å². The first kappa shape index (κ1) is 7.17. The van der Waals surface area contributed by atoms with Crippen molar-refractivity contribution in [2.45, 2.75) is 0 Å². The third kappa shape index (κ3) is 1.31. The van der Waals surface area contributed by atoms with E-state index in [4.69, 9.17) is 11.5 Å². The van der Waals surface area contributed by atoms with Gasteiger partial charge in [0.15, 0.2) is 0 Å². The van der Waals surface area contributed by atoms with E-state index in [1.54, 1.807) is 12.1 Å². The highest BCUT2D eigenvalue weighted by Crippen LogP contribution is 2.23. The average Bonchev–Trinajstić information content (AvgIpc) is 1.95. The van der Waals surface area contributed by atoms with Gasteiger partial charge in [0, 0.05) is 5.56 Å². The highest BCUT2D eigenvalue weighted by Gasteiger charge is 1.95. The Hall–Kier alpha value is -0.940. The monoisotopic (exact) mass is 196 g/mol. The highest BCUT2D eigenvalue weighted by atomic mass is 79.9. The summed E-state index contributed by atoms with van der Waals surface area (Å²) >= 11 is 3.14. The first-order valence-electron chi connectivity index (χ1n) is 2.69. The Morgan fingerprint density at radius 1 is 1.50 bits per heavy atom. The molecule has 0 saturated carbocycles. The van der Waals surface area contributed by atoms with Crippen LogP contribution in [0.3, 0.4) is 0 Å². The lowest BCUT2D eigenvalue weighted by molar-refractivity contribution is 0.472. The van der Waals surface area contributed by atoms with Crippen LogP contribution in [-0.4, -0.2) is 5.11 Å². The fourth-order valence-electron chi connectivity index (χ4n) is 0.602. The molecule has 0 bridgehead atoms. The largest absolute Gasteiger partial charge is 0.507 e. The molecule has 1 nitrogen and oxygen atoms in total. The van der Waals surface area contributed by atoms with Gasteiger partial charge in [-0.3, -0.25) is 0 Å². The molecule has 2 heteroatoms. The molecule has 10 heavy (non-hydrogen) atoms. The zero-order chi connectivity index (χ0) is 7.56. The van der Waals surface area contributed by atoms with Gasteiger partial charge in [-0.2, -0.15) is 0 Å². The Balaban J connectivity index is 3.20. The highest BCUT2D eigenvalue weighted by molar-refractivity contribution is 9.10. The number of rotatable bonds is 0. The van der Waals surface area contributed by atoms with Crippen LogP contribution in [0.2, 0.25) is 0 Å². The number of benzene rings is 1. The number of phenolic OH excluding ortho intramolecular Hbond substituents is 1. The van der Waals surface area contributed by atoms with Gasteiger partial charge in [-0.15, -0.1) is 6.42 Å². The van der Waals surface area contributed by atoms with Gasteiger partial charge in [-0.1, -0.05) is 5.92 Å². The molecule has 0 amide bonds. The molecule has 0 spiro atoms. The van der Waals surface area contributed by atoms with E-state index >= 15 is 0 Å². The predicted molar refractivity (Wildman–Crippen MR) is 43.7 cm³/mol. The molecule has 0 unspecified atom stereocenters. The van der Waals surface area contributed by atoms with E-state index in [-0.39, 0.29) is 5.75 Å². The number of phenols is 1. The van der Waals surface area contributed by atoms with E-state index in [1.807, 2.05) is 0 Å². The van der Waals surface area contributed by atoms with Gasteiger partial charge < -0.3 is 5.11 Å². The molecule has 1 rings (SSSR count). The quantitative estimate of drug-likeness (QED) is 0.631. The maximum absolute atomic E-state index is 9.09. The Labute approximate surface area is 67.8 Å². The minimum Gasteiger partial charge on any atom is -0.507 e. The molecule has 0 aliphatic rings. The Kier molecular flexibility index (Phi) is 1.98. The van der Waals surface area contributed by atoms with Gasteiger partial charge in [0.05, 0.1) is 4.47 Å². The first-order valence-corrected chi connectivity index (χ1v) is 3.48. The average molecular weight is 197 g/mol. The maximum Gasteiger partial charge on any atom is 0.130 e. The van der Waals surface area contributed by atoms with Gasteiger partial charge in [-0.25, -0.2) is 0 Å². The van der Waals surface area contributed by atoms with Crippen LogP contribution in [0.4, 0.5) is 0 Å². The van der Waals surface area contributed by atoms with Gasteiger partial charge in [0.25, 0.3) is 0 Å². The molecule has 0 radical (unpaired) electrons. The van der Waals surface area contributed by atoms with Crippen LogP contribution in [0, 0.1) is 12.3 Å². The van der Waals surface area contributed by atoms with Crippen molar-refractivity contribution in [2.75, 3.05) is 0 Å². The van der Waals surface area contributed by atoms with Crippen LogP contribution >= 0.6 is 15.9 Å². The first-order chi connectivity index (χ1) is 4.74. The number of halogens is 1. The van der Waals surface area contributed by atoms with E-state index in [1.165, 1.54) is 6.07 Å². The standard InChI is InChI=1S/C8H5BrO/c1-2-6-3-4-7(9)8(10)5-6/h1,3-5,10H. The summed E-state index contributed by atoms with van der Waals surface area (Å²) in [6, 6.07) is 5.00. The summed E-state index contributed by atoms with van der Waals surface area (Å²) in [6.07, 6.45) is 5.09. The third-order valence-corrected chi connectivity index (χ3v) is 1.78. The van der Waals surface area contributed by atoms with Gasteiger partial charge in [0.2, 0.25) is 0 Å². The summed E-state index contributed by atoms with van der Waals surface area (Å²) in [6.45, 7) is 0. The number of hydrogen-bond donors (Lipinski definition) is 1. The number of aromatic hydroxyl groups is 1. The molecule has 50 valence electrons. The summed E-state index contributed by atoms with van der Waals surface area (Å²) in [4.78, 5) is 0. The Morgan fingerprint density at radius 3 is 2.70 bits per heavy atom.